The minimum absolute atomic E-state index is 0.157. The number of ketones is 1. The number of hydrogen-bond donors (Lipinski definition) is 0. The molecule has 0 aliphatic heterocycles. The van der Waals surface area contributed by atoms with Crippen molar-refractivity contribution < 1.29 is 4.79 Å². The predicted molar refractivity (Wildman–Crippen MR) is 75.4 cm³/mol. The first kappa shape index (κ1) is 14.4. The molecule has 0 fully saturated rings. The molecule has 0 saturated carbocycles. The van der Waals surface area contributed by atoms with Crippen LogP contribution in [0.1, 0.15) is 31.1 Å². The number of rotatable bonds is 4. The van der Waals surface area contributed by atoms with Gasteiger partial charge in [0.25, 0.3) is 0 Å². The van der Waals surface area contributed by atoms with Gasteiger partial charge in [-0.1, -0.05) is 54.9 Å². The average molecular weight is 298 g/mol. The molecule has 0 saturated heterocycles. The first-order chi connectivity index (χ1) is 7.79. The molecule has 0 amide bonds. The van der Waals surface area contributed by atoms with Crippen LogP contribution in [0.4, 0.5) is 0 Å². The summed E-state index contributed by atoms with van der Waals surface area (Å²) in [4.78, 5) is 14.2. The minimum Gasteiger partial charge on any atom is -0.298 e. The van der Waals surface area contributed by atoms with Crippen LogP contribution in [0.3, 0.4) is 0 Å². The number of Topliss-reactive ketones (excluding diaryl/α,β-unsaturated/α-hetero) is 1. The van der Waals surface area contributed by atoms with Gasteiger partial charge in [0.15, 0.2) is 5.78 Å². The van der Waals surface area contributed by atoms with E-state index in [1.807, 2.05) is 31.3 Å². The largest absolute Gasteiger partial charge is 0.298 e. The third-order valence-electron chi connectivity index (χ3n) is 2.33. The van der Waals surface area contributed by atoms with E-state index >= 15 is 0 Å². The Kier molecular flexibility index (Phi) is 4.90. The Bertz CT molecular complexity index is 395. The zero-order chi connectivity index (χ0) is 13.1. The summed E-state index contributed by atoms with van der Waals surface area (Å²) in [7, 11) is 1.99. The molecule has 1 rings (SSSR count). The van der Waals surface area contributed by atoms with Crippen LogP contribution >= 0.6 is 15.9 Å². The highest BCUT2D eigenvalue weighted by Gasteiger charge is 2.17. The van der Waals surface area contributed by atoms with Crippen molar-refractivity contribution in [2.75, 3.05) is 20.1 Å². The molecule has 0 aliphatic carbocycles. The van der Waals surface area contributed by atoms with Crippen LogP contribution in [-0.2, 0) is 0 Å². The highest BCUT2D eigenvalue weighted by Crippen LogP contribution is 2.18. The number of likely N-dealkylation sites (N-methyl/N-ethyl adjacent to an activating group) is 1. The van der Waals surface area contributed by atoms with Gasteiger partial charge in [-0.15, -0.1) is 0 Å². The second-order valence-corrected chi connectivity index (χ2v) is 6.49. The van der Waals surface area contributed by atoms with Gasteiger partial charge in [-0.2, -0.15) is 0 Å². The van der Waals surface area contributed by atoms with E-state index < -0.39 is 0 Å². The lowest BCUT2D eigenvalue weighted by Crippen LogP contribution is -2.33. The molecule has 0 unspecified atom stereocenters. The first-order valence-electron chi connectivity index (χ1n) is 5.76. The average Bonchev–Trinajstić information content (AvgIpc) is 2.14. The van der Waals surface area contributed by atoms with Crippen LogP contribution in [0.25, 0.3) is 0 Å². The van der Waals surface area contributed by atoms with Crippen molar-refractivity contribution in [2.24, 2.45) is 5.41 Å². The summed E-state index contributed by atoms with van der Waals surface area (Å²) in [5.41, 5.74) is 0.969. The van der Waals surface area contributed by atoms with Crippen molar-refractivity contribution in [3.8, 4) is 0 Å². The molecule has 94 valence electrons. The molecule has 17 heavy (non-hydrogen) atoms. The molecule has 2 nitrogen and oxygen atoms in total. The quantitative estimate of drug-likeness (QED) is 0.791. The van der Waals surface area contributed by atoms with Crippen LogP contribution < -0.4 is 0 Å². The number of hydrogen-bond acceptors (Lipinski definition) is 2. The molecular weight excluding hydrogens is 278 g/mol. The van der Waals surface area contributed by atoms with E-state index in [-0.39, 0.29) is 11.2 Å². The van der Waals surface area contributed by atoms with E-state index in [1.165, 1.54) is 0 Å². The Morgan fingerprint density at radius 1 is 1.29 bits per heavy atom. The lowest BCUT2D eigenvalue weighted by Gasteiger charge is -2.26. The first-order valence-corrected chi connectivity index (χ1v) is 6.55. The maximum atomic E-state index is 12.1. The number of carbonyl (C=O) groups excluding carboxylic acids is 1. The van der Waals surface area contributed by atoms with E-state index in [2.05, 4.69) is 41.6 Å². The number of halogens is 1. The second-order valence-electron chi connectivity index (χ2n) is 5.64. The fraction of sp³-hybridized carbons (Fsp3) is 0.500. The Labute approximate surface area is 112 Å². The molecule has 0 bridgehead atoms. The Balaban J connectivity index is 2.64. The highest BCUT2D eigenvalue weighted by molar-refractivity contribution is 9.10. The molecule has 1 aromatic carbocycles. The van der Waals surface area contributed by atoms with E-state index in [4.69, 9.17) is 0 Å². The van der Waals surface area contributed by atoms with Crippen LogP contribution in [0.2, 0.25) is 0 Å². The summed E-state index contributed by atoms with van der Waals surface area (Å²) in [5.74, 6) is 0.157. The normalized spacial score (nSPS) is 11.9. The maximum Gasteiger partial charge on any atom is 0.177 e. The summed E-state index contributed by atoms with van der Waals surface area (Å²) < 4.78 is 0.870. The summed E-state index contributed by atoms with van der Waals surface area (Å²) in [6.45, 7) is 7.88. The lowest BCUT2D eigenvalue weighted by molar-refractivity contribution is 0.0926. The van der Waals surface area contributed by atoms with Gasteiger partial charge in [-0.25, -0.2) is 0 Å². The van der Waals surface area contributed by atoms with Gasteiger partial charge in [-0.05, 0) is 18.5 Å². The van der Waals surface area contributed by atoms with Crippen molar-refractivity contribution in [1.82, 2.24) is 4.90 Å². The summed E-state index contributed by atoms with van der Waals surface area (Å²) >= 11 is 3.41. The monoisotopic (exact) mass is 297 g/mol. The SMILES string of the molecule is CN(CC(=O)c1ccccc1Br)CC(C)(C)C. The van der Waals surface area contributed by atoms with E-state index in [1.54, 1.807) is 0 Å². The van der Waals surface area contributed by atoms with Crippen molar-refractivity contribution >= 4 is 21.7 Å². The fourth-order valence-electron chi connectivity index (χ4n) is 1.88. The van der Waals surface area contributed by atoms with Crippen LogP contribution in [0.15, 0.2) is 28.7 Å². The van der Waals surface area contributed by atoms with Gasteiger partial charge in [0, 0.05) is 16.6 Å². The molecule has 0 radical (unpaired) electrons. The molecular formula is C14H20BrNO. The van der Waals surface area contributed by atoms with Crippen LogP contribution in [0, 0.1) is 5.41 Å². The fourth-order valence-corrected chi connectivity index (χ4v) is 2.39. The topological polar surface area (TPSA) is 20.3 Å². The Morgan fingerprint density at radius 3 is 2.41 bits per heavy atom. The summed E-state index contributed by atoms with van der Waals surface area (Å²) in [5, 5.41) is 0. The smallest absolute Gasteiger partial charge is 0.177 e. The molecule has 0 aliphatic rings. The van der Waals surface area contributed by atoms with Gasteiger partial charge in [0.2, 0.25) is 0 Å². The maximum absolute atomic E-state index is 12.1. The molecule has 0 aromatic heterocycles. The van der Waals surface area contributed by atoms with Gasteiger partial charge >= 0.3 is 0 Å². The molecule has 0 atom stereocenters. The molecule has 1 aromatic rings. The van der Waals surface area contributed by atoms with E-state index in [0.29, 0.717) is 6.54 Å². The molecule has 0 N–H and O–H groups in total. The van der Waals surface area contributed by atoms with E-state index in [9.17, 15) is 4.79 Å². The number of benzene rings is 1. The third kappa shape index (κ3) is 5.00. The summed E-state index contributed by atoms with van der Waals surface area (Å²) in [6, 6.07) is 7.57. The lowest BCUT2D eigenvalue weighted by atomic mass is 9.96. The zero-order valence-electron chi connectivity index (χ0n) is 11.0. The predicted octanol–water partition coefficient (Wildman–Crippen LogP) is 3.61. The highest BCUT2D eigenvalue weighted by atomic mass is 79.9. The van der Waals surface area contributed by atoms with Crippen LogP contribution in [0.5, 0.6) is 0 Å². The third-order valence-corrected chi connectivity index (χ3v) is 3.02. The Morgan fingerprint density at radius 2 is 1.88 bits per heavy atom. The Hall–Kier alpha value is -0.670. The van der Waals surface area contributed by atoms with Crippen LogP contribution in [-0.4, -0.2) is 30.8 Å². The summed E-state index contributed by atoms with van der Waals surface area (Å²) in [6.07, 6.45) is 0. The van der Waals surface area contributed by atoms with Crippen molar-refractivity contribution in [3.05, 3.63) is 34.3 Å². The van der Waals surface area contributed by atoms with Gasteiger partial charge in [-0.3, -0.25) is 9.69 Å². The number of carbonyl (C=O) groups is 1. The van der Waals surface area contributed by atoms with Gasteiger partial charge in [0.05, 0.1) is 6.54 Å². The van der Waals surface area contributed by atoms with Crippen molar-refractivity contribution in [2.45, 2.75) is 20.8 Å². The van der Waals surface area contributed by atoms with Gasteiger partial charge < -0.3 is 0 Å². The number of nitrogens with zero attached hydrogens (tertiary/aromatic N) is 1. The van der Waals surface area contributed by atoms with E-state index in [0.717, 1.165) is 16.6 Å². The second kappa shape index (κ2) is 5.78. The van der Waals surface area contributed by atoms with Gasteiger partial charge in [0.1, 0.15) is 0 Å². The molecule has 3 heteroatoms. The minimum atomic E-state index is 0.157. The van der Waals surface area contributed by atoms with Crippen molar-refractivity contribution in [3.63, 3.8) is 0 Å². The molecule has 0 heterocycles. The zero-order valence-corrected chi connectivity index (χ0v) is 12.5. The standard InChI is InChI=1S/C14H20BrNO/c1-14(2,3)10-16(4)9-13(17)11-7-5-6-8-12(11)15/h5-8H,9-10H2,1-4H3. The van der Waals surface area contributed by atoms with Crippen molar-refractivity contribution in [1.29, 1.82) is 0 Å². The molecule has 0 spiro atoms.